The van der Waals surface area contributed by atoms with Crippen LogP contribution >= 0.6 is 11.6 Å². The molecule has 1 fully saturated rings. The van der Waals surface area contributed by atoms with Gasteiger partial charge in [0.15, 0.2) is 0 Å². The predicted molar refractivity (Wildman–Crippen MR) is 83.0 cm³/mol. The molecule has 108 valence electrons. The Kier molecular flexibility index (Phi) is 3.80. The van der Waals surface area contributed by atoms with Crippen molar-refractivity contribution in [3.05, 3.63) is 58.9 Å². The van der Waals surface area contributed by atoms with Crippen LogP contribution in [-0.4, -0.2) is 21.8 Å². The molecule has 1 aromatic heterocycles. The predicted octanol–water partition coefficient (Wildman–Crippen LogP) is 3.12. The van der Waals surface area contributed by atoms with E-state index in [-0.39, 0.29) is 11.9 Å². The van der Waals surface area contributed by atoms with Crippen LogP contribution in [0.2, 0.25) is 5.02 Å². The normalized spacial score (nSPS) is 14.0. The van der Waals surface area contributed by atoms with E-state index in [0.717, 1.165) is 18.4 Å². The number of rotatable bonds is 4. The Morgan fingerprint density at radius 2 is 2.00 bits per heavy atom. The number of aromatic nitrogens is 1. The second-order valence-electron chi connectivity index (χ2n) is 5.22. The molecule has 0 spiro atoms. The summed E-state index contributed by atoms with van der Waals surface area (Å²) in [6, 6.07) is 9.26. The molecule has 0 radical (unpaired) electrons. The number of amides is 1. The molecule has 21 heavy (non-hydrogen) atoms. The van der Waals surface area contributed by atoms with Gasteiger partial charge in [-0.3, -0.25) is 9.78 Å². The maximum absolute atomic E-state index is 12.8. The number of nitrogen functional groups attached to an aromatic ring is 1. The standard InChI is InChI=1S/C16H16ClN3O/c17-13-2-1-3-14(18)15(13)16(21)20(12-4-5-12)10-11-6-8-19-9-7-11/h1-3,6-9,12H,4-5,10,18H2. The van der Waals surface area contributed by atoms with Crippen molar-refractivity contribution >= 4 is 23.2 Å². The highest BCUT2D eigenvalue weighted by atomic mass is 35.5. The van der Waals surface area contributed by atoms with E-state index in [9.17, 15) is 4.79 Å². The molecular formula is C16H16ClN3O. The van der Waals surface area contributed by atoms with E-state index < -0.39 is 0 Å². The van der Waals surface area contributed by atoms with Gasteiger partial charge in [0.05, 0.1) is 10.6 Å². The first-order valence-corrected chi connectivity index (χ1v) is 7.28. The van der Waals surface area contributed by atoms with Crippen LogP contribution in [0.1, 0.15) is 28.8 Å². The van der Waals surface area contributed by atoms with Crippen LogP contribution in [0, 0.1) is 0 Å². The van der Waals surface area contributed by atoms with Crippen molar-refractivity contribution in [2.24, 2.45) is 0 Å². The monoisotopic (exact) mass is 301 g/mol. The molecule has 3 rings (SSSR count). The van der Waals surface area contributed by atoms with Crippen molar-refractivity contribution in [3.63, 3.8) is 0 Å². The molecule has 0 saturated heterocycles. The van der Waals surface area contributed by atoms with Crippen molar-refractivity contribution in [3.8, 4) is 0 Å². The summed E-state index contributed by atoms with van der Waals surface area (Å²) in [6.45, 7) is 0.552. The number of nitrogens with zero attached hydrogens (tertiary/aromatic N) is 2. The number of hydrogen-bond donors (Lipinski definition) is 1. The number of carbonyl (C=O) groups excluding carboxylic acids is 1. The minimum atomic E-state index is -0.0996. The molecule has 1 heterocycles. The maximum atomic E-state index is 12.8. The topological polar surface area (TPSA) is 59.2 Å². The zero-order chi connectivity index (χ0) is 14.8. The lowest BCUT2D eigenvalue weighted by atomic mass is 10.1. The van der Waals surface area contributed by atoms with Crippen molar-refractivity contribution in [2.75, 3.05) is 5.73 Å². The van der Waals surface area contributed by atoms with Gasteiger partial charge in [0.1, 0.15) is 0 Å². The molecule has 1 amide bonds. The fraction of sp³-hybridized carbons (Fsp3) is 0.250. The largest absolute Gasteiger partial charge is 0.398 e. The molecule has 0 atom stereocenters. The van der Waals surface area contributed by atoms with Gasteiger partial charge in [-0.05, 0) is 42.7 Å². The van der Waals surface area contributed by atoms with Crippen molar-refractivity contribution in [1.29, 1.82) is 0 Å². The summed E-state index contributed by atoms with van der Waals surface area (Å²) >= 11 is 6.16. The minimum Gasteiger partial charge on any atom is -0.398 e. The third-order valence-electron chi connectivity index (χ3n) is 3.61. The Morgan fingerprint density at radius 3 is 2.62 bits per heavy atom. The van der Waals surface area contributed by atoms with Crippen LogP contribution < -0.4 is 5.73 Å². The Balaban J connectivity index is 1.89. The summed E-state index contributed by atoms with van der Waals surface area (Å²) < 4.78 is 0. The molecule has 2 N–H and O–H groups in total. The number of nitrogens with two attached hydrogens (primary N) is 1. The number of carbonyl (C=O) groups is 1. The third kappa shape index (κ3) is 3.00. The van der Waals surface area contributed by atoms with Gasteiger partial charge in [0, 0.05) is 30.7 Å². The van der Waals surface area contributed by atoms with Gasteiger partial charge < -0.3 is 10.6 Å². The highest BCUT2D eigenvalue weighted by Gasteiger charge is 2.34. The van der Waals surface area contributed by atoms with Gasteiger partial charge in [-0.15, -0.1) is 0 Å². The second-order valence-corrected chi connectivity index (χ2v) is 5.63. The van der Waals surface area contributed by atoms with Crippen LogP contribution in [0.25, 0.3) is 0 Å². The second kappa shape index (κ2) is 5.74. The molecule has 1 aromatic carbocycles. The zero-order valence-corrected chi connectivity index (χ0v) is 12.3. The maximum Gasteiger partial charge on any atom is 0.258 e. The summed E-state index contributed by atoms with van der Waals surface area (Å²) in [6.07, 6.45) is 5.52. The first-order valence-electron chi connectivity index (χ1n) is 6.90. The van der Waals surface area contributed by atoms with E-state index in [1.54, 1.807) is 30.6 Å². The lowest BCUT2D eigenvalue weighted by molar-refractivity contribution is 0.0731. The Morgan fingerprint density at radius 1 is 1.29 bits per heavy atom. The van der Waals surface area contributed by atoms with E-state index >= 15 is 0 Å². The van der Waals surface area contributed by atoms with Crippen LogP contribution in [0.4, 0.5) is 5.69 Å². The number of benzene rings is 1. The Labute approximate surface area is 128 Å². The fourth-order valence-corrected chi connectivity index (χ4v) is 2.61. The highest BCUT2D eigenvalue weighted by Crippen LogP contribution is 2.32. The Hall–Kier alpha value is -2.07. The summed E-state index contributed by atoms with van der Waals surface area (Å²) in [5.74, 6) is -0.0996. The van der Waals surface area contributed by atoms with Crippen LogP contribution in [0.3, 0.4) is 0 Å². The summed E-state index contributed by atoms with van der Waals surface area (Å²) in [4.78, 5) is 18.7. The molecule has 5 heteroatoms. The van der Waals surface area contributed by atoms with Crippen molar-refractivity contribution in [1.82, 2.24) is 9.88 Å². The Bertz CT molecular complexity index is 636. The van der Waals surface area contributed by atoms with Crippen molar-refractivity contribution in [2.45, 2.75) is 25.4 Å². The van der Waals surface area contributed by atoms with Crippen LogP contribution in [0.15, 0.2) is 42.7 Å². The van der Waals surface area contributed by atoms with E-state index in [1.807, 2.05) is 17.0 Å². The smallest absolute Gasteiger partial charge is 0.258 e. The van der Waals surface area contributed by atoms with Gasteiger partial charge in [-0.25, -0.2) is 0 Å². The molecule has 0 aliphatic heterocycles. The first-order chi connectivity index (χ1) is 10.2. The number of hydrogen-bond acceptors (Lipinski definition) is 3. The molecule has 1 saturated carbocycles. The summed E-state index contributed by atoms with van der Waals surface area (Å²) in [5.41, 5.74) is 7.81. The van der Waals surface area contributed by atoms with E-state index in [2.05, 4.69) is 4.98 Å². The minimum absolute atomic E-state index is 0.0996. The number of halogens is 1. The molecule has 1 aliphatic rings. The molecule has 0 unspecified atom stereocenters. The first kappa shape index (κ1) is 13.9. The van der Waals surface area contributed by atoms with Gasteiger partial charge in [0.25, 0.3) is 5.91 Å². The average Bonchev–Trinajstić information content (AvgIpc) is 3.30. The molecular weight excluding hydrogens is 286 g/mol. The molecule has 1 aliphatic carbocycles. The zero-order valence-electron chi connectivity index (χ0n) is 11.5. The summed E-state index contributed by atoms with van der Waals surface area (Å²) in [7, 11) is 0. The van der Waals surface area contributed by atoms with E-state index in [0.29, 0.717) is 22.8 Å². The van der Waals surface area contributed by atoms with Gasteiger partial charge >= 0.3 is 0 Å². The average molecular weight is 302 g/mol. The fourth-order valence-electron chi connectivity index (χ4n) is 2.35. The van der Waals surface area contributed by atoms with Gasteiger partial charge in [-0.1, -0.05) is 17.7 Å². The van der Waals surface area contributed by atoms with E-state index in [4.69, 9.17) is 17.3 Å². The van der Waals surface area contributed by atoms with Crippen LogP contribution in [-0.2, 0) is 6.54 Å². The lowest BCUT2D eigenvalue weighted by Crippen LogP contribution is -2.33. The van der Waals surface area contributed by atoms with Crippen molar-refractivity contribution < 1.29 is 4.79 Å². The lowest BCUT2D eigenvalue weighted by Gasteiger charge is -2.23. The SMILES string of the molecule is Nc1cccc(Cl)c1C(=O)N(Cc1ccncc1)C1CC1. The number of anilines is 1. The third-order valence-corrected chi connectivity index (χ3v) is 3.93. The van der Waals surface area contributed by atoms with Gasteiger partial charge in [-0.2, -0.15) is 0 Å². The quantitative estimate of drug-likeness (QED) is 0.883. The number of pyridine rings is 1. The molecule has 4 nitrogen and oxygen atoms in total. The summed E-state index contributed by atoms with van der Waals surface area (Å²) in [5, 5.41) is 0.403. The highest BCUT2D eigenvalue weighted by molar-refractivity contribution is 6.34. The van der Waals surface area contributed by atoms with Crippen LogP contribution in [0.5, 0.6) is 0 Å². The van der Waals surface area contributed by atoms with E-state index in [1.165, 1.54) is 0 Å². The van der Waals surface area contributed by atoms with Gasteiger partial charge in [0.2, 0.25) is 0 Å². The molecule has 2 aromatic rings. The molecule has 0 bridgehead atoms.